The predicted octanol–water partition coefficient (Wildman–Crippen LogP) is 3.28. The van der Waals surface area contributed by atoms with E-state index in [4.69, 9.17) is 9.26 Å². The molecule has 1 N–H and O–H groups in total. The molecule has 1 saturated heterocycles. The Morgan fingerprint density at radius 3 is 2.76 bits per heavy atom. The van der Waals surface area contributed by atoms with E-state index in [0.717, 1.165) is 38.5 Å². The summed E-state index contributed by atoms with van der Waals surface area (Å²) in [5.74, 6) is 0.985. The Kier molecular flexibility index (Phi) is 6.04. The smallest absolute Gasteiger partial charge is 0.321 e. The number of aromatic nitrogens is 2. The molecule has 2 heterocycles. The number of benzene rings is 1. The summed E-state index contributed by atoms with van der Waals surface area (Å²) in [5.41, 5.74) is 1.34. The van der Waals surface area contributed by atoms with Gasteiger partial charge in [0, 0.05) is 25.6 Å². The zero-order chi connectivity index (χ0) is 17.6. The summed E-state index contributed by atoms with van der Waals surface area (Å²) >= 11 is 0. The van der Waals surface area contributed by atoms with Crippen LogP contribution in [0.3, 0.4) is 0 Å². The van der Waals surface area contributed by atoms with Gasteiger partial charge in [-0.2, -0.15) is 4.98 Å². The van der Waals surface area contributed by atoms with Crippen LogP contribution in [0.2, 0.25) is 0 Å². The molecule has 1 aliphatic heterocycles. The van der Waals surface area contributed by atoms with Gasteiger partial charge in [-0.05, 0) is 12.0 Å². The molecule has 2 aromatic rings. The number of morpholine rings is 1. The molecule has 1 aromatic carbocycles. The van der Waals surface area contributed by atoms with E-state index in [1.165, 1.54) is 5.56 Å². The lowest BCUT2D eigenvalue weighted by atomic mass is 10.1. The van der Waals surface area contributed by atoms with Crippen molar-refractivity contribution >= 4 is 6.01 Å². The van der Waals surface area contributed by atoms with Crippen molar-refractivity contribution in [1.29, 1.82) is 0 Å². The zero-order valence-corrected chi connectivity index (χ0v) is 15.3. The number of anilines is 1. The van der Waals surface area contributed by atoms with Crippen LogP contribution < -0.4 is 5.32 Å². The molecule has 0 saturated carbocycles. The quantitative estimate of drug-likeness (QED) is 0.831. The highest BCUT2D eigenvalue weighted by atomic mass is 16.5. The largest absolute Gasteiger partial charge is 0.373 e. The van der Waals surface area contributed by atoms with E-state index in [-0.39, 0.29) is 18.1 Å². The predicted molar refractivity (Wildman–Crippen MR) is 97.5 cm³/mol. The van der Waals surface area contributed by atoms with E-state index in [2.05, 4.69) is 71.5 Å². The number of rotatable bonds is 7. The van der Waals surface area contributed by atoms with Crippen molar-refractivity contribution in [2.24, 2.45) is 0 Å². The van der Waals surface area contributed by atoms with Crippen LogP contribution in [0.15, 0.2) is 34.9 Å². The van der Waals surface area contributed by atoms with Gasteiger partial charge >= 0.3 is 6.01 Å². The van der Waals surface area contributed by atoms with Crippen molar-refractivity contribution in [2.75, 3.05) is 25.0 Å². The first-order chi connectivity index (χ1) is 12.2. The fourth-order valence-electron chi connectivity index (χ4n) is 3.10. The Bertz CT molecular complexity index is 644. The van der Waals surface area contributed by atoms with E-state index >= 15 is 0 Å². The molecule has 0 aliphatic carbocycles. The van der Waals surface area contributed by atoms with E-state index < -0.39 is 0 Å². The second kappa shape index (κ2) is 8.45. The molecule has 0 amide bonds. The molecular weight excluding hydrogens is 316 g/mol. The molecule has 0 radical (unpaired) electrons. The highest BCUT2D eigenvalue weighted by Crippen LogP contribution is 2.19. The van der Waals surface area contributed by atoms with Crippen LogP contribution >= 0.6 is 0 Å². The maximum absolute atomic E-state index is 6.03. The number of ether oxygens (including phenoxy) is 1. The molecule has 2 atom stereocenters. The van der Waals surface area contributed by atoms with Crippen LogP contribution in [-0.4, -0.2) is 46.9 Å². The Hall–Kier alpha value is -1.92. The lowest BCUT2D eigenvalue weighted by molar-refractivity contribution is -0.0406. The van der Waals surface area contributed by atoms with Gasteiger partial charge in [0.25, 0.3) is 0 Å². The van der Waals surface area contributed by atoms with Gasteiger partial charge in [-0.25, -0.2) is 0 Å². The molecule has 1 aliphatic rings. The summed E-state index contributed by atoms with van der Waals surface area (Å²) < 4.78 is 11.4. The summed E-state index contributed by atoms with van der Waals surface area (Å²) in [4.78, 5) is 6.87. The van der Waals surface area contributed by atoms with Crippen LogP contribution in [0.1, 0.15) is 44.5 Å². The topological polar surface area (TPSA) is 63.4 Å². The Balaban J connectivity index is 1.59. The fraction of sp³-hybridized carbons (Fsp3) is 0.579. The molecule has 6 nitrogen and oxygen atoms in total. The number of hydrogen-bond donors (Lipinski definition) is 1. The molecule has 2 unspecified atom stereocenters. The van der Waals surface area contributed by atoms with Crippen molar-refractivity contribution in [1.82, 2.24) is 15.0 Å². The second-order valence-corrected chi connectivity index (χ2v) is 6.90. The van der Waals surface area contributed by atoms with Crippen LogP contribution in [-0.2, 0) is 11.3 Å². The number of hydrogen-bond acceptors (Lipinski definition) is 6. The summed E-state index contributed by atoms with van der Waals surface area (Å²) in [6.07, 6.45) is 1.04. The summed E-state index contributed by atoms with van der Waals surface area (Å²) in [6, 6.07) is 11.2. The highest BCUT2D eigenvalue weighted by Gasteiger charge is 2.28. The summed E-state index contributed by atoms with van der Waals surface area (Å²) in [5, 5.41) is 7.39. The first kappa shape index (κ1) is 17.9. The molecule has 1 fully saturated rings. The Morgan fingerprint density at radius 2 is 2.08 bits per heavy atom. The minimum atomic E-state index is 0.108. The van der Waals surface area contributed by atoms with Crippen molar-refractivity contribution in [3.63, 3.8) is 0 Å². The monoisotopic (exact) mass is 344 g/mol. The lowest BCUT2D eigenvalue weighted by Crippen LogP contribution is -2.49. The standard InChI is InChI=1S/C19H28N4O2/c1-4-16(20-19-21-18(14(2)3)22-25-19)17-13-23(10-11-24-17)12-15-8-6-5-7-9-15/h5-9,14,16-17H,4,10-13H2,1-3H3,(H,20,21,22). The Morgan fingerprint density at radius 1 is 1.28 bits per heavy atom. The fourth-order valence-corrected chi connectivity index (χ4v) is 3.10. The summed E-state index contributed by atoms with van der Waals surface area (Å²) in [6.45, 7) is 9.81. The minimum Gasteiger partial charge on any atom is -0.373 e. The molecule has 6 heteroatoms. The van der Waals surface area contributed by atoms with Crippen molar-refractivity contribution in [3.05, 3.63) is 41.7 Å². The molecule has 0 bridgehead atoms. The van der Waals surface area contributed by atoms with Gasteiger partial charge in [0.15, 0.2) is 5.82 Å². The van der Waals surface area contributed by atoms with Gasteiger partial charge in [-0.15, -0.1) is 0 Å². The lowest BCUT2D eigenvalue weighted by Gasteiger charge is -2.36. The van der Waals surface area contributed by atoms with Crippen LogP contribution in [0.25, 0.3) is 0 Å². The molecule has 25 heavy (non-hydrogen) atoms. The molecule has 136 valence electrons. The number of nitrogens with zero attached hydrogens (tertiary/aromatic N) is 3. The maximum atomic E-state index is 6.03. The third kappa shape index (κ3) is 4.80. The third-order valence-corrected chi connectivity index (χ3v) is 4.58. The maximum Gasteiger partial charge on any atom is 0.321 e. The molecule has 3 rings (SSSR count). The molecule has 0 spiro atoms. The van der Waals surface area contributed by atoms with Crippen LogP contribution in [0.4, 0.5) is 6.01 Å². The van der Waals surface area contributed by atoms with E-state index in [9.17, 15) is 0 Å². The highest BCUT2D eigenvalue weighted by molar-refractivity contribution is 5.22. The first-order valence-electron chi connectivity index (χ1n) is 9.13. The van der Waals surface area contributed by atoms with Crippen LogP contribution in [0, 0.1) is 0 Å². The van der Waals surface area contributed by atoms with Crippen molar-refractivity contribution in [3.8, 4) is 0 Å². The SMILES string of the molecule is CCC(Nc1nc(C(C)C)no1)C1CN(Cc2ccccc2)CCO1. The van der Waals surface area contributed by atoms with Gasteiger partial charge in [-0.3, -0.25) is 4.90 Å². The summed E-state index contributed by atoms with van der Waals surface area (Å²) in [7, 11) is 0. The minimum absolute atomic E-state index is 0.108. The average Bonchev–Trinajstić information content (AvgIpc) is 3.10. The van der Waals surface area contributed by atoms with Gasteiger partial charge in [-0.1, -0.05) is 56.3 Å². The first-order valence-corrected chi connectivity index (χ1v) is 9.13. The average molecular weight is 344 g/mol. The zero-order valence-electron chi connectivity index (χ0n) is 15.3. The van der Waals surface area contributed by atoms with Crippen LogP contribution in [0.5, 0.6) is 0 Å². The van der Waals surface area contributed by atoms with Crippen molar-refractivity contribution in [2.45, 2.75) is 51.8 Å². The molecule has 1 aromatic heterocycles. The van der Waals surface area contributed by atoms with E-state index in [1.807, 2.05) is 0 Å². The van der Waals surface area contributed by atoms with Crippen molar-refractivity contribution < 1.29 is 9.26 Å². The second-order valence-electron chi connectivity index (χ2n) is 6.90. The third-order valence-electron chi connectivity index (χ3n) is 4.58. The van der Waals surface area contributed by atoms with Gasteiger partial charge < -0.3 is 14.6 Å². The van der Waals surface area contributed by atoms with E-state index in [0.29, 0.717) is 6.01 Å². The van der Waals surface area contributed by atoms with Gasteiger partial charge in [0.05, 0.1) is 18.8 Å². The molecular formula is C19H28N4O2. The van der Waals surface area contributed by atoms with E-state index in [1.54, 1.807) is 0 Å². The Labute approximate surface area is 149 Å². The van der Waals surface area contributed by atoms with Gasteiger partial charge in [0.1, 0.15) is 0 Å². The van der Waals surface area contributed by atoms with Gasteiger partial charge in [0.2, 0.25) is 0 Å². The normalized spacial score (nSPS) is 19.9. The number of nitrogens with one attached hydrogen (secondary N) is 1.